The molecule has 1 saturated heterocycles. The summed E-state index contributed by atoms with van der Waals surface area (Å²) in [5, 5.41) is 2.52. The molecule has 0 spiro atoms. The van der Waals surface area contributed by atoms with Gasteiger partial charge in [-0.15, -0.1) is 0 Å². The molecule has 1 aliphatic heterocycles. The summed E-state index contributed by atoms with van der Waals surface area (Å²) in [5.41, 5.74) is 0.932. The van der Waals surface area contributed by atoms with Gasteiger partial charge < -0.3 is 23.9 Å². The van der Waals surface area contributed by atoms with Gasteiger partial charge in [0.15, 0.2) is 11.5 Å². The van der Waals surface area contributed by atoms with Crippen molar-refractivity contribution in [1.82, 2.24) is 10.2 Å². The van der Waals surface area contributed by atoms with Crippen molar-refractivity contribution >= 4 is 45.9 Å². The molecule has 2 heterocycles. The lowest BCUT2D eigenvalue weighted by Gasteiger charge is -2.12. The summed E-state index contributed by atoms with van der Waals surface area (Å²) >= 11 is 3.32. The van der Waals surface area contributed by atoms with E-state index in [2.05, 4.69) is 26.0 Å². The van der Waals surface area contributed by atoms with E-state index in [1.807, 2.05) is 0 Å². The fourth-order valence-electron chi connectivity index (χ4n) is 3.42. The molecule has 190 valence electrons. The third kappa shape index (κ3) is 5.89. The third-order valence-corrected chi connectivity index (χ3v) is 5.71. The lowest BCUT2D eigenvalue weighted by Crippen LogP contribution is -2.30. The second-order valence-electron chi connectivity index (χ2n) is 7.67. The van der Waals surface area contributed by atoms with E-state index in [4.69, 9.17) is 13.9 Å². The molecule has 0 saturated carbocycles. The Morgan fingerprint density at radius 2 is 1.78 bits per heavy atom. The number of imide groups is 1. The predicted octanol–water partition coefficient (Wildman–Crippen LogP) is 4.54. The number of esters is 2. The van der Waals surface area contributed by atoms with E-state index >= 15 is 0 Å². The van der Waals surface area contributed by atoms with Crippen molar-refractivity contribution in [1.29, 1.82) is 0 Å². The SMILES string of the molecule is CCOc1cc(/C=C2\NC(=O)N(Cc3ccc(C(=O)OC)o3)C2=O)ccc1OC(=O)c1ccc(Br)cc1. The van der Waals surface area contributed by atoms with Gasteiger partial charge in [-0.1, -0.05) is 22.0 Å². The number of furan rings is 1. The molecule has 1 aliphatic rings. The molecule has 11 heteroatoms. The molecule has 4 rings (SSSR count). The Morgan fingerprint density at radius 3 is 2.49 bits per heavy atom. The molecule has 0 unspecified atom stereocenters. The average molecular weight is 569 g/mol. The van der Waals surface area contributed by atoms with Gasteiger partial charge in [0.1, 0.15) is 11.5 Å². The van der Waals surface area contributed by atoms with Crippen molar-refractivity contribution in [3.63, 3.8) is 0 Å². The van der Waals surface area contributed by atoms with Crippen molar-refractivity contribution < 1.29 is 37.8 Å². The first-order valence-electron chi connectivity index (χ1n) is 11.0. The van der Waals surface area contributed by atoms with Gasteiger partial charge >= 0.3 is 18.0 Å². The zero-order valence-electron chi connectivity index (χ0n) is 19.8. The molecule has 0 aliphatic carbocycles. The number of nitrogens with one attached hydrogen (secondary N) is 1. The number of halogens is 1. The summed E-state index contributed by atoms with van der Waals surface area (Å²) in [6.07, 6.45) is 1.48. The molecule has 1 aromatic heterocycles. The molecule has 3 aromatic rings. The Labute approximate surface area is 219 Å². The number of ether oxygens (including phenoxy) is 3. The van der Waals surface area contributed by atoms with Crippen molar-refractivity contribution in [2.45, 2.75) is 13.5 Å². The Kier molecular flexibility index (Phi) is 7.73. The minimum absolute atomic E-state index is 0.0341. The van der Waals surface area contributed by atoms with Crippen LogP contribution in [0.25, 0.3) is 6.08 Å². The number of hydrogen-bond donors (Lipinski definition) is 1. The lowest BCUT2D eigenvalue weighted by atomic mass is 10.1. The maximum Gasteiger partial charge on any atom is 0.373 e. The Hall–Kier alpha value is -4.38. The van der Waals surface area contributed by atoms with Crippen LogP contribution in [0.3, 0.4) is 0 Å². The van der Waals surface area contributed by atoms with Crippen LogP contribution in [0.4, 0.5) is 4.79 Å². The summed E-state index contributed by atoms with van der Waals surface area (Å²) in [5.74, 6) is -1.10. The van der Waals surface area contributed by atoms with Gasteiger partial charge in [0, 0.05) is 4.47 Å². The minimum atomic E-state index is -0.667. The summed E-state index contributed by atoms with van der Waals surface area (Å²) in [7, 11) is 1.22. The minimum Gasteiger partial charge on any atom is -0.490 e. The van der Waals surface area contributed by atoms with Gasteiger partial charge in [-0.25, -0.2) is 14.4 Å². The number of benzene rings is 2. The summed E-state index contributed by atoms with van der Waals surface area (Å²) in [6.45, 7) is 1.92. The molecule has 0 bridgehead atoms. The summed E-state index contributed by atoms with van der Waals surface area (Å²) < 4.78 is 21.9. The van der Waals surface area contributed by atoms with E-state index < -0.39 is 23.9 Å². The Morgan fingerprint density at radius 1 is 1.03 bits per heavy atom. The third-order valence-electron chi connectivity index (χ3n) is 5.19. The molecule has 1 fully saturated rings. The highest BCUT2D eigenvalue weighted by atomic mass is 79.9. The van der Waals surface area contributed by atoms with E-state index in [1.54, 1.807) is 49.4 Å². The average Bonchev–Trinajstić information content (AvgIpc) is 3.46. The van der Waals surface area contributed by atoms with Crippen LogP contribution in [0.1, 0.15) is 39.2 Å². The molecule has 37 heavy (non-hydrogen) atoms. The van der Waals surface area contributed by atoms with E-state index in [-0.39, 0.29) is 29.5 Å². The van der Waals surface area contributed by atoms with Crippen LogP contribution in [0, 0.1) is 0 Å². The number of nitrogens with zero attached hydrogens (tertiary/aromatic N) is 1. The van der Waals surface area contributed by atoms with Crippen LogP contribution in [0.2, 0.25) is 0 Å². The number of rotatable bonds is 8. The highest BCUT2D eigenvalue weighted by molar-refractivity contribution is 9.10. The van der Waals surface area contributed by atoms with Gasteiger partial charge in [-0.2, -0.15) is 0 Å². The predicted molar refractivity (Wildman–Crippen MR) is 134 cm³/mol. The Balaban J connectivity index is 1.51. The summed E-state index contributed by atoms with van der Waals surface area (Å²) in [4.78, 5) is 50.3. The van der Waals surface area contributed by atoms with E-state index in [0.717, 1.165) is 9.37 Å². The fraction of sp³-hybridized carbons (Fsp3) is 0.154. The molecule has 0 atom stereocenters. The normalized spacial score (nSPS) is 14.0. The van der Waals surface area contributed by atoms with Crippen molar-refractivity contribution in [2.75, 3.05) is 13.7 Å². The number of carbonyl (C=O) groups is 4. The standard InChI is InChI=1S/C26H21BrN2O8/c1-3-35-22-13-15(4-10-20(22)37-24(31)16-5-7-17(27)8-6-16)12-19-23(30)29(26(33)28-19)14-18-9-11-21(36-18)25(32)34-2/h4-13H,3,14H2,1-2H3,(H,28,33)/b19-12-. The quantitative estimate of drug-likeness (QED) is 0.182. The fourth-order valence-corrected chi connectivity index (χ4v) is 3.69. The first-order chi connectivity index (χ1) is 17.8. The largest absolute Gasteiger partial charge is 0.490 e. The van der Waals surface area contributed by atoms with Gasteiger partial charge in [-0.3, -0.25) is 9.69 Å². The number of amides is 3. The van der Waals surface area contributed by atoms with Crippen LogP contribution in [-0.4, -0.2) is 42.5 Å². The van der Waals surface area contributed by atoms with E-state index in [1.165, 1.54) is 25.3 Å². The molecule has 0 radical (unpaired) electrons. The summed E-state index contributed by atoms with van der Waals surface area (Å²) in [6, 6.07) is 13.7. The highest BCUT2D eigenvalue weighted by Crippen LogP contribution is 2.31. The van der Waals surface area contributed by atoms with Gasteiger partial charge in [0.25, 0.3) is 5.91 Å². The van der Waals surface area contributed by atoms with E-state index in [0.29, 0.717) is 23.5 Å². The van der Waals surface area contributed by atoms with Gasteiger partial charge in [0.05, 0.1) is 25.8 Å². The number of carbonyl (C=O) groups excluding carboxylic acids is 4. The molecule has 3 amide bonds. The first-order valence-corrected chi connectivity index (χ1v) is 11.8. The molecule has 10 nitrogen and oxygen atoms in total. The first kappa shape index (κ1) is 25.7. The number of hydrogen-bond acceptors (Lipinski definition) is 8. The topological polar surface area (TPSA) is 124 Å². The lowest BCUT2D eigenvalue weighted by molar-refractivity contribution is -0.123. The van der Waals surface area contributed by atoms with Crippen molar-refractivity contribution in [3.05, 3.63) is 87.4 Å². The smallest absolute Gasteiger partial charge is 0.373 e. The zero-order chi connectivity index (χ0) is 26.5. The van der Waals surface area contributed by atoms with Crippen molar-refractivity contribution in [2.24, 2.45) is 0 Å². The van der Waals surface area contributed by atoms with Crippen LogP contribution in [0.15, 0.2) is 69.2 Å². The second kappa shape index (κ2) is 11.1. The highest BCUT2D eigenvalue weighted by Gasteiger charge is 2.34. The van der Waals surface area contributed by atoms with Gasteiger partial charge in [0.2, 0.25) is 5.76 Å². The maximum atomic E-state index is 12.9. The second-order valence-corrected chi connectivity index (χ2v) is 8.59. The molecule has 1 N–H and O–H groups in total. The number of urea groups is 1. The van der Waals surface area contributed by atoms with Crippen LogP contribution in [-0.2, 0) is 16.1 Å². The van der Waals surface area contributed by atoms with Crippen molar-refractivity contribution in [3.8, 4) is 11.5 Å². The van der Waals surface area contributed by atoms with Gasteiger partial charge in [-0.05, 0) is 67.1 Å². The van der Waals surface area contributed by atoms with E-state index in [9.17, 15) is 19.2 Å². The molecule has 2 aromatic carbocycles. The Bertz CT molecular complexity index is 1390. The molecular formula is C26H21BrN2O8. The van der Waals surface area contributed by atoms with Crippen LogP contribution >= 0.6 is 15.9 Å². The maximum absolute atomic E-state index is 12.9. The monoisotopic (exact) mass is 568 g/mol. The number of methoxy groups -OCH3 is 1. The van der Waals surface area contributed by atoms with Crippen LogP contribution < -0.4 is 14.8 Å². The van der Waals surface area contributed by atoms with Crippen LogP contribution in [0.5, 0.6) is 11.5 Å². The molecular weight excluding hydrogens is 548 g/mol. The zero-order valence-corrected chi connectivity index (χ0v) is 21.4.